The lowest BCUT2D eigenvalue weighted by molar-refractivity contribution is -0.167. The van der Waals surface area contributed by atoms with Crippen molar-refractivity contribution in [2.75, 3.05) is 100.0 Å². The summed E-state index contributed by atoms with van der Waals surface area (Å²) in [7, 11) is 0. The van der Waals surface area contributed by atoms with E-state index in [9.17, 15) is 90.9 Å². The normalized spacial score (nSPS) is 19.9. The molecular formula is C97H93F8N17O16. The van der Waals surface area contributed by atoms with E-state index in [-0.39, 0.29) is 157 Å². The number of aromatic nitrogens is 3. The Bertz CT molecular complexity index is 6050. The van der Waals surface area contributed by atoms with Crippen LogP contribution in [0.4, 0.5) is 57.9 Å². The quantitative estimate of drug-likeness (QED) is 0.0246. The predicted octanol–water partition coefficient (Wildman–Crippen LogP) is 11.2. The van der Waals surface area contributed by atoms with E-state index in [2.05, 4.69) is 46.2 Å². The molecule has 5 atom stereocenters. The average Bonchev–Trinajstić information content (AvgIpc) is 1.79. The Balaban J connectivity index is 0.000000147. The molecule has 8 amide bonds. The van der Waals surface area contributed by atoms with Crippen LogP contribution in [0, 0.1) is 69.0 Å². The van der Waals surface area contributed by atoms with Crippen LogP contribution in [0.25, 0.3) is 44.9 Å². The number of piperidine rings is 4. The minimum absolute atomic E-state index is 0.00560. The van der Waals surface area contributed by atoms with Gasteiger partial charge < -0.3 is 80.2 Å². The van der Waals surface area contributed by atoms with Crippen molar-refractivity contribution in [2.24, 2.45) is 33.7 Å². The van der Waals surface area contributed by atoms with Gasteiger partial charge in [0.15, 0.2) is 30.5 Å². The van der Waals surface area contributed by atoms with Crippen molar-refractivity contribution in [1.29, 1.82) is 21.0 Å². The molecule has 5 aliphatic heterocycles. The van der Waals surface area contributed by atoms with Gasteiger partial charge in [-0.05, 0) is 185 Å². The van der Waals surface area contributed by atoms with Gasteiger partial charge in [0.05, 0.1) is 78.7 Å². The topological polar surface area (TPSA) is 474 Å². The number of hydrogen-bond donors (Lipinski definition) is 8. The number of pyridine rings is 3. The zero-order valence-electron chi connectivity index (χ0n) is 74.1. The van der Waals surface area contributed by atoms with Crippen LogP contribution in [0.3, 0.4) is 0 Å². The zero-order valence-corrected chi connectivity index (χ0v) is 74.1. The molecule has 718 valence electrons. The average molecular weight is 1900 g/mol. The first kappa shape index (κ1) is 99.1. The molecular weight excluding hydrogens is 1810 g/mol. The first-order valence-corrected chi connectivity index (χ1v) is 44.4. The van der Waals surface area contributed by atoms with Crippen LogP contribution < -0.4 is 40.2 Å². The summed E-state index contributed by atoms with van der Waals surface area (Å²) in [6, 6.07) is 43.4. The summed E-state index contributed by atoms with van der Waals surface area (Å²) in [5, 5.41) is 86.0. The summed E-state index contributed by atoms with van der Waals surface area (Å²) < 4.78 is 140. The number of aliphatic hydroxyl groups is 4. The van der Waals surface area contributed by atoms with Crippen molar-refractivity contribution in [1.82, 2.24) is 34.6 Å². The van der Waals surface area contributed by atoms with Crippen molar-refractivity contribution in [3.05, 3.63) is 174 Å². The third-order valence-corrected chi connectivity index (χ3v) is 23.9. The largest absolute Gasteiger partial charge is 0.483 e. The number of carbonyl (C=O) groups excluding carboxylic acids is 8. The third kappa shape index (κ3) is 25.0. The number of aliphatic imine (C=N–C) groups is 2. The first-order chi connectivity index (χ1) is 66.0. The number of amidine groups is 1. The molecule has 3 aromatic heterocycles. The molecule has 4 aliphatic carbocycles. The van der Waals surface area contributed by atoms with Gasteiger partial charge in [-0.15, -0.1) is 0 Å². The molecule has 4 saturated heterocycles. The monoisotopic (exact) mass is 1900 g/mol. The number of halogens is 8. The van der Waals surface area contributed by atoms with Gasteiger partial charge in [0, 0.05) is 134 Å². The van der Waals surface area contributed by atoms with E-state index < -0.39 is 124 Å². The second-order valence-electron chi connectivity index (χ2n) is 34.4. The molecule has 4 saturated carbocycles. The lowest BCUT2D eigenvalue weighted by Crippen LogP contribution is -2.57. The van der Waals surface area contributed by atoms with E-state index in [1.165, 1.54) is 54.9 Å². The fourth-order valence-corrected chi connectivity index (χ4v) is 15.6. The van der Waals surface area contributed by atoms with E-state index in [4.69, 9.17) is 34.3 Å². The smallest absolute Gasteiger partial charge is 0.301 e. The van der Waals surface area contributed by atoms with Crippen molar-refractivity contribution < 1.29 is 113 Å². The number of hydrogen-bond acceptors (Lipinski definition) is 25. The maximum absolute atomic E-state index is 15.0. The number of amides is 8. The Morgan fingerprint density at radius 3 is 1.02 bits per heavy atom. The Labute approximate surface area is 784 Å². The van der Waals surface area contributed by atoms with Gasteiger partial charge in [-0.3, -0.25) is 58.3 Å². The Hall–Kier alpha value is -14.9. The molecule has 9 aliphatic rings. The van der Waals surface area contributed by atoms with Crippen LogP contribution in [-0.4, -0.2) is 247 Å². The maximum atomic E-state index is 15.0. The van der Waals surface area contributed by atoms with Crippen LogP contribution in [0.1, 0.15) is 106 Å². The number of nitrogens with zero attached hydrogens (tertiary/aromatic N) is 13. The van der Waals surface area contributed by atoms with E-state index in [0.29, 0.717) is 67.9 Å². The number of rotatable bonds is 25. The summed E-state index contributed by atoms with van der Waals surface area (Å²) >= 11 is 0. The summed E-state index contributed by atoms with van der Waals surface area (Å²) in [4.78, 5) is 120. The van der Waals surface area contributed by atoms with E-state index in [1.54, 1.807) is 98.0 Å². The van der Waals surface area contributed by atoms with Crippen molar-refractivity contribution >= 4 is 81.6 Å². The molecule has 0 spiro atoms. The minimum atomic E-state index is -3.44. The fraction of sp³-hybridized carbons (Fsp3) is 0.392. The number of alkyl halides is 8. The Morgan fingerprint density at radius 1 is 0.406 bits per heavy atom. The SMILES string of the molecule is CC1=NCC(C(=O)N2CCC(Oc3ccc(-c4cc(NC(=O)C5CC5)ccn4)cc3C#N)C(F)(F)C2)=N1.N#Cc1cc(-c2cc(NC(=O)C3CC3)ccn2)ccc1OC1CCN(C(=O)CO)CC1(F)F.N#Cc1cc(-c2cc(NC(=O)C3CC3)ccn2)ccc1OC1CCN(C(=O)[C@@H](O)CO)CC1(F)F.N#Cc1cc(-c2cccc(NC(=O)C3CC3)c2)ccc1OC1CCN(C(=O)CO)CC1(F)F. The number of anilines is 4. The molecule has 41 heteroatoms. The van der Waals surface area contributed by atoms with Gasteiger partial charge >= 0.3 is 23.7 Å². The van der Waals surface area contributed by atoms with Gasteiger partial charge in [0.1, 0.15) is 72.0 Å². The second-order valence-corrected chi connectivity index (χ2v) is 34.4. The molecule has 33 nitrogen and oxygen atoms in total. The zero-order chi connectivity index (χ0) is 98.5. The molecule has 8 heterocycles. The van der Waals surface area contributed by atoms with Crippen molar-refractivity contribution in [3.63, 3.8) is 0 Å². The van der Waals surface area contributed by atoms with E-state index >= 15 is 8.78 Å². The standard InChI is InChI=1S/C26H24F2N6O3.C24H24F2N4O5.C24H23F2N3O4.C23H22F2N4O4/c1-15-31-13-21(32-15)25(36)34-9-7-23(26(27,28)14-34)37-22-5-4-17(10-18(22)12-29)20-11-19(6-8-30-20)33-24(35)16-2-3-16;25-24(26)13-30(23(34)19(32)12-31)8-6-21(24)35-20-4-3-15(9-16(20)11-27)18-10-17(5-7-28-18)29-22(33)14-1-2-14;25-24(26)14-29(22(31)13-30)9-8-21(24)33-20-7-6-17(10-18(20)12-27)16-2-1-3-19(11-16)28-23(32)15-4-5-15;24-23(25)13-29(21(31)12-30)8-6-20(23)33-19-4-3-15(9-16(19)11-26)18-10-17(5-7-27-18)28-22(32)14-1-2-14/h4-6,8,10-11,16,23H,2-3,7,9,13-14H2,1H3,(H,30,33,35);3-5,7,9-10,14,19,21,31-32H,1-2,6,8,12-13H2,(H,28,29,33);1-3,6-7,10-11,15,21,30H,4-5,8-9,13-14H2,(H,28,32);3-5,7,9-10,14,20,30H,1-2,6,8,12-13H2,(H,27,28,32)/t;19-,21?;;/m.0../s1. The number of ether oxygens (including phenoxy) is 4. The highest BCUT2D eigenvalue weighted by Gasteiger charge is 2.53. The van der Waals surface area contributed by atoms with Crippen LogP contribution >= 0.6 is 0 Å². The molecule has 5 aromatic carbocycles. The second kappa shape index (κ2) is 43.0. The van der Waals surface area contributed by atoms with Gasteiger partial charge in [0.25, 0.3) is 11.8 Å². The number of likely N-dealkylation sites (tertiary alicyclic amines) is 4. The van der Waals surface area contributed by atoms with Crippen LogP contribution in [0.2, 0.25) is 0 Å². The highest BCUT2D eigenvalue weighted by molar-refractivity contribution is 6.42. The van der Waals surface area contributed by atoms with Crippen LogP contribution in [-0.2, 0) is 38.4 Å². The van der Waals surface area contributed by atoms with Crippen LogP contribution in [0.5, 0.6) is 23.0 Å². The summed E-state index contributed by atoms with van der Waals surface area (Å²) in [6.07, 6.45) is 3.21. The molecule has 0 radical (unpaired) electrons. The molecule has 4 unspecified atom stereocenters. The summed E-state index contributed by atoms with van der Waals surface area (Å²) in [5.74, 6) is -15.9. The molecule has 8 N–H and O–H groups in total. The third-order valence-electron chi connectivity index (χ3n) is 23.9. The molecule has 8 fully saturated rings. The number of nitriles is 4. The maximum Gasteiger partial charge on any atom is 0.301 e. The minimum Gasteiger partial charge on any atom is -0.483 e. The first-order valence-electron chi connectivity index (χ1n) is 44.4. The lowest BCUT2D eigenvalue weighted by atomic mass is 10.0. The van der Waals surface area contributed by atoms with Gasteiger partial charge in [0.2, 0.25) is 35.4 Å². The highest BCUT2D eigenvalue weighted by atomic mass is 19.3. The van der Waals surface area contributed by atoms with E-state index in [1.807, 2.05) is 30.3 Å². The number of benzene rings is 5. The summed E-state index contributed by atoms with van der Waals surface area (Å²) in [6.45, 7) is -4.26. The van der Waals surface area contributed by atoms with Gasteiger partial charge in [-0.25, -0.2) is 40.1 Å². The van der Waals surface area contributed by atoms with Gasteiger partial charge in [-0.2, -0.15) is 21.0 Å². The number of aliphatic hydroxyl groups excluding tert-OH is 4. The molecule has 8 aromatic rings. The number of carbonyl (C=O) groups is 8. The molecule has 0 bridgehead atoms. The van der Waals surface area contributed by atoms with Crippen LogP contribution in [0.15, 0.2) is 162 Å². The van der Waals surface area contributed by atoms with E-state index in [0.717, 1.165) is 76.5 Å². The van der Waals surface area contributed by atoms with Crippen molar-refractivity contribution in [2.45, 2.75) is 138 Å². The molecule has 17 rings (SSSR count). The number of nitrogens with one attached hydrogen (secondary N) is 4. The van der Waals surface area contributed by atoms with Gasteiger partial charge in [-0.1, -0.05) is 18.2 Å². The Kier molecular flexibility index (Phi) is 30.9. The lowest BCUT2D eigenvalue weighted by Gasteiger charge is -2.38. The fourth-order valence-electron chi connectivity index (χ4n) is 15.6. The summed E-state index contributed by atoms with van der Waals surface area (Å²) in [5.41, 5.74) is 7.44. The Morgan fingerprint density at radius 2 is 0.710 bits per heavy atom. The predicted molar refractivity (Wildman–Crippen MR) is 480 cm³/mol. The highest BCUT2D eigenvalue weighted by Crippen LogP contribution is 2.43. The van der Waals surface area contributed by atoms with Crippen molar-refractivity contribution in [3.8, 4) is 92.2 Å². The molecule has 138 heavy (non-hydrogen) atoms.